The standard InChI is InChI=1S/C21H19N3OS/c1-15-14-20-22-23-21(24(20)18-11-6-5-10-17(15)18)26-13-7-12-19(25)16-8-3-2-4-9-16/h2-6,8-11,14H,7,12-13H2,1H3. The van der Waals surface area contributed by atoms with Crippen molar-refractivity contribution in [3.8, 4) is 0 Å². The molecule has 2 heterocycles. The Labute approximate surface area is 156 Å². The minimum absolute atomic E-state index is 0.193. The van der Waals surface area contributed by atoms with E-state index in [9.17, 15) is 4.79 Å². The summed E-state index contributed by atoms with van der Waals surface area (Å²) in [5.74, 6) is 1.03. The van der Waals surface area contributed by atoms with Crippen molar-refractivity contribution in [3.63, 3.8) is 0 Å². The molecule has 0 radical (unpaired) electrons. The van der Waals surface area contributed by atoms with E-state index < -0.39 is 0 Å². The molecule has 130 valence electrons. The number of rotatable bonds is 6. The second-order valence-electron chi connectivity index (χ2n) is 6.26. The molecule has 2 aromatic heterocycles. The zero-order valence-electron chi connectivity index (χ0n) is 14.6. The molecule has 0 saturated carbocycles. The molecule has 0 aliphatic carbocycles. The van der Waals surface area contributed by atoms with Crippen LogP contribution in [0.15, 0.2) is 65.8 Å². The second-order valence-corrected chi connectivity index (χ2v) is 7.32. The number of hydrogen-bond acceptors (Lipinski definition) is 4. The van der Waals surface area contributed by atoms with Crippen molar-refractivity contribution in [1.29, 1.82) is 0 Å². The van der Waals surface area contributed by atoms with Crippen LogP contribution in [0.1, 0.15) is 28.8 Å². The number of pyridine rings is 1. The Hall–Kier alpha value is -2.66. The largest absolute Gasteiger partial charge is 0.294 e. The van der Waals surface area contributed by atoms with Gasteiger partial charge >= 0.3 is 0 Å². The van der Waals surface area contributed by atoms with Gasteiger partial charge in [-0.2, -0.15) is 0 Å². The van der Waals surface area contributed by atoms with Crippen LogP contribution in [0.3, 0.4) is 0 Å². The van der Waals surface area contributed by atoms with E-state index in [-0.39, 0.29) is 5.78 Å². The normalized spacial score (nSPS) is 11.3. The van der Waals surface area contributed by atoms with E-state index in [2.05, 4.69) is 39.7 Å². The third-order valence-corrected chi connectivity index (χ3v) is 5.46. The summed E-state index contributed by atoms with van der Waals surface area (Å²) in [6, 6.07) is 19.8. The van der Waals surface area contributed by atoms with Gasteiger partial charge in [-0.15, -0.1) is 10.2 Å². The van der Waals surface area contributed by atoms with Crippen molar-refractivity contribution >= 4 is 34.1 Å². The van der Waals surface area contributed by atoms with Crippen LogP contribution < -0.4 is 0 Å². The average Bonchev–Trinajstić information content (AvgIpc) is 3.09. The number of ketones is 1. The van der Waals surface area contributed by atoms with Crippen LogP contribution in [-0.4, -0.2) is 26.1 Å². The summed E-state index contributed by atoms with van der Waals surface area (Å²) in [6.45, 7) is 2.10. The second kappa shape index (κ2) is 7.30. The molecule has 0 bridgehead atoms. The minimum Gasteiger partial charge on any atom is -0.294 e. The highest BCUT2D eigenvalue weighted by atomic mass is 32.2. The zero-order valence-corrected chi connectivity index (χ0v) is 15.4. The maximum absolute atomic E-state index is 12.2. The number of benzene rings is 2. The summed E-state index contributed by atoms with van der Waals surface area (Å²) in [5, 5.41) is 10.8. The molecule has 0 amide bonds. The van der Waals surface area contributed by atoms with Gasteiger partial charge in [-0.1, -0.05) is 60.3 Å². The fourth-order valence-electron chi connectivity index (χ4n) is 3.13. The predicted molar refractivity (Wildman–Crippen MR) is 106 cm³/mol. The Morgan fingerprint density at radius 1 is 1.04 bits per heavy atom. The summed E-state index contributed by atoms with van der Waals surface area (Å²) >= 11 is 1.65. The van der Waals surface area contributed by atoms with Crippen LogP contribution in [0.25, 0.3) is 16.6 Å². The number of carbonyl (C=O) groups is 1. The molecule has 4 aromatic rings. The Balaban J connectivity index is 1.48. The lowest BCUT2D eigenvalue weighted by molar-refractivity contribution is 0.0982. The first-order valence-corrected chi connectivity index (χ1v) is 9.67. The summed E-state index contributed by atoms with van der Waals surface area (Å²) in [5.41, 5.74) is 3.97. The quantitative estimate of drug-likeness (QED) is 0.277. The summed E-state index contributed by atoms with van der Waals surface area (Å²) in [7, 11) is 0. The fourth-order valence-corrected chi connectivity index (χ4v) is 4.02. The fraction of sp³-hybridized carbons (Fsp3) is 0.190. The van der Waals surface area contributed by atoms with E-state index in [1.807, 2.05) is 42.5 Å². The lowest BCUT2D eigenvalue weighted by Gasteiger charge is -2.07. The molecule has 0 atom stereocenters. The molecular formula is C21H19N3OS. The van der Waals surface area contributed by atoms with Crippen molar-refractivity contribution in [3.05, 3.63) is 71.8 Å². The average molecular weight is 361 g/mol. The topological polar surface area (TPSA) is 47.3 Å². The van der Waals surface area contributed by atoms with Gasteiger partial charge in [-0.05, 0) is 31.0 Å². The van der Waals surface area contributed by atoms with Gasteiger partial charge in [0.1, 0.15) is 0 Å². The number of para-hydroxylation sites is 1. The monoisotopic (exact) mass is 361 g/mol. The maximum atomic E-state index is 12.2. The lowest BCUT2D eigenvalue weighted by Crippen LogP contribution is -1.99. The van der Waals surface area contributed by atoms with Gasteiger partial charge in [-0.25, -0.2) is 0 Å². The van der Waals surface area contributed by atoms with Crippen molar-refractivity contribution < 1.29 is 4.79 Å². The van der Waals surface area contributed by atoms with Crippen molar-refractivity contribution in [1.82, 2.24) is 14.6 Å². The van der Waals surface area contributed by atoms with Gasteiger partial charge in [-0.3, -0.25) is 9.20 Å². The van der Waals surface area contributed by atoms with Gasteiger partial charge in [0.25, 0.3) is 0 Å². The summed E-state index contributed by atoms with van der Waals surface area (Å²) < 4.78 is 2.10. The molecule has 0 fully saturated rings. The first-order valence-electron chi connectivity index (χ1n) is 8.68. The van der Waals surface area contributed by atoms with Crippen molar-refractivity contribution in [2.24, 2.45) is 0 Å². The number of nitrogens with zero attached hydrogens (tertiary/aromatic N) is 3. The highest BCUT2D eigenvalue weighted by molar-refractivity contribution is 7.99. The van der Waals surface area contributed by atoms with Gasteiger partial charge in [0, 0.05) is 23.1 Å². The van der Waals surface area contributed by atoms with E-state index in [1.165, 1.54) is 10.9 Å². The van der Waals surface area contributed by atoms with Crippen molar-refractivity contribution in [2.75, 3.05) is 5.75 Å². The number of thioether (sulfide) groups is 1. The van der Waals surface area contributed by atoms with E-state index in [1.54, 1.807) is 11.8 Å². The molecule has 4 rings (SSSR count). The molecule has 0 unspecified atom stereocenters. The number of aryl methyl sites for hydroxylation is 1. The molecule has 26 heavy (non-hydrogen) atoms. The third kappa shape index (κ3) is 3.22. The van der Waals surface area contributed by atoms with Gasteiger partial charge in [0.05, 0.1) is 5.52 Å². The molecule has 5 heteroatoms. The third-order valence-electron chi connectivity index (χ3n) is 4.45. The molecule has 0 N–H and O–H groups in total. The van der Waals surface area contributed by atoms with Crippen LogP contribution in [0, 0.1) is 6.92 Å². The number of Topliss-reactive ketones (excluding diaryl/α,β-unsaturated/α-hetero) is 1. The van der Waals surface area contributed by atoms with E-state index in [0.29, 0.717) is 6.42 Å². The highest BCUT2D eigenvalue weighted by Gasteiger charge is 2.11. The number of carbonyl (C=O) groups excluding carboxylic acids is 1. The molecule has 4 nitrogen and oxygen atoms in total. The number of hydrogen-bond donors (Lipinski definition) is 0. The molecule has 0 spiro atoms. The number of fused-ring (bicyclic) bond motifs is 3. The van der Waals surface area contributed by atoms with E-state index in [0.717, 1.165) is 34.1 Å². The van der Waals surface area contributed by atoms with Gasteiger partial charge < -0.3 is 0 Å². The first-order chi connectivity index (χ1) is 12.7. The van der Waals surface area contributed by atoms with Crippen LogP contribution in [0.4, 0.5) is 0 Å². The van der Waals surface area contributed by atoms with E-state index >= 15 is 0 Å². The van der Waals surface area contributed by atoms with Crippen LogP contribution >= 0.6 is 11.8 Å². The van der Waals surface area contributed by atoms with Gasteiger partial charge in [0.2, 0.25) is 0 Å². The lowest BCUT2D eigenvalue weighted by atomic mass is 10.1. The Bertz CT molecular complexity index is 1070. The zero-order chi connectivity index (χ0) is 17.9. The summed E-state index contributed by atoms with van der Waals surface area (Å²) in [6.07, 6.45) is 1.37. The molecule has 0 saturated heterocycles. The number of aromatic nitrogens is 3. The first kappa shape index (κ1) is 16.8. The Morgan fingerprint density at radius 3 is 2.65 bits per heavy atom. The maximum Gasteiger partial charge on any atom is 0.196 e. The van der Waals surface area contributed by atoms with E-state index in [4.69, 9.17) is 0 Å². The predicted octanol–water partition coefficient (Wildman–Crippen LogP) is 4.95. The molecular weight excluding hydrogens is 342 g/mol. The smallest absolute Gasteiger partial charge is 0.196 e. The molecule has 0 aliphatic rings. The molecule has 2 aromatic carbocycles. The van der Waals surface area contributed by atoms with Crippen LogP contribution in [0.2, 0.25) is 0 Å². The SMILES string of the molecule is Cc1cc2nnc(SCCCC(=O)c3ccccc3)n2c2ccccc12. The molecule has 0 aliphatic heterocycles. The van der Waals surface area contributed by atoms with Crippen LogP contribution in [-0.2, 0) is 0 Å². The van der Waals surface area contributed by atoms with Gasteiger partial charge in [0.15, 0.2) is 16.6 Å². The highest BCUT2D eigenvalue weighted by Crippen LogP contribution is 2.26. The Morgan fingerprint density at radius 2 is 1.81 bits per heavy atom. The summed E-state index contributed by atoms with van der Waals surface area (Å²) in [4.78, 5) is 12.2. The minimum atomic E-state index is 0.193. The Kier molecular flexibility index (Phi) is 4.71. The van der Waals surface area contributed by atoms with Crippen LogP contribution in [0.5, 0.6) is 0 Å². The van der Waals surface area contributed by atoms with Crippen molar-refractivity contribution in [2.45, 2.75) is 24.9 Å².